The Hall–Kier alpha value is -1.42. The first kappa shape index (κ1) is 14.5. The minimum absolute atomic E-state index is 0.179. The molecule has 1 aliphatic rings. The van der Waals surface area contributed by atoms with E-state index >= 15 is 0 Å². The summed E-state index contributed by atoms with van der Waals surface area (Å²) in [5.41, 5.74) is 2.64. The fraction of sp³-hybridized carbons (Fsp3) is 0.294. The fourth-order valence-electron chi connectivity index (χ4n) is 2.65. The number of fused-ring (bicyclic) bond motifs is 1. The molecule has 21 heavy (non-hydrogen) atoms. The van der Waals surface area contributed by atoms with E-state index in [2.05, 4.69) is 22.0 Å². The first-order chi connectivity index (χ1) is 9.85. The number of hydrogen-bond acceptors (Lipinski definition) is 1. The Bertz CT molecular complexity index is 697. The Kier molecular flexibility index (Phi) is 3.52. The lowest BCUT2D eigenvalue weighted by molar-refractivity contribution is 0.138. The van der Waals surface area contributed by atoms with Crippen LogP contribution >= 0.6 is 15.9 Å². The molecule has 0 fully saturated rings. The average Bonchev–Trinajstić information content (AvgIpc) is 2.73. The zero-order valence-electron chi connectivity index (χ0n) is 11.8. The molecule has 0 N–H and O–H groups in total. The molecule has 1 nitrogen and oxygen atoms in total. The molecule has 4 heteroatoms. The van der Waals surface area contributed by atoms with Crippen LogP contribution in [0, 0.1) is 11.6 Å². The van der Waals surface area contributed by atoms with E-state index in [0.717, 1.165) is 29.4 Å². The molecule has 1 aliphatic heterocycles. The topological polar surface area (TPSA) is 9.23 Å². The van der Waals surface area contributed by atoms with E-state index in [9.17, 15) is 8.78 Å². The molecule has 0 aliphatic carbocycles. The SMILES string of the molecule is CC1(C)Cc2cc(C(Br)c3ccc(F)c(F)c3)ccc2O1. The lowest BCUT2D eigenvalue weighted by Gasteiger charge is -2.16. The van der Waals surface area contributed by atoms with Crippen LogP contribution in [0.15, 0.2) is 36.4 Å². The molecule has 3 rings (SSSR count). The highest BCUT2D eigenvalue weighted by Crippen LogP contribution is 2.39. The van der Waals surface area contributed by atoms with E-state index in [0.29, 0.717) is 5.56 Å². The molecule has 110 valence electrons. The molecule has 0 saturated carbocycles. The highest BCUT2D eigenvalue weighted by atomic mass is 79.9. The summed E-state index contributed by atoms with van der Waals surface area (Å²) in [4.78, 5) is -0.179. The van der Waals surface area contributed by atoms with Gasteiger partial charge in [-0.2, -0.15) is 0 Å². The lowest BCUT2D eigenvalue weighted by Crippen LogP contribution is -2.24. The Balaban J connectivity index is 1.93. The second-order valence-electron chi connectivity index (χ2n) is 5.94. The quantitative estimate of drug-likeness (QED) is 0.678. The Morgan fingerprint density at radius 1 is 1.05 bits per heavy atom. The largest absolute Gasteiger partial charge is 0.487 e. The van der Waals surface area contributed by atoms with E-state index in [1.807, 2.05) is 26.0 Å². The van der Waals surface area contributed by atoms with Crippen LogP contribution in [0.2, 0.25) is 0 Å². The van der Waals surface area contributed by atoms with Crippen LogP contribution in [0.4, 0.5) is 8.78 Å². The van der Waals surface area contributed by atoms with Crippen LogP contribution in [0.3, 0.4) is 0 Å². The Labute approximate surface area is 131 Å². The molecular weight excluding hydrogens is 338 g/mol. The number of rotatable bonds is 2. The van der Waals surface area contributed by atoms with E-state index in [1.54, 1.807) is 6.07 Å². The molecule has 0 spiro atoms. The summed E-state index contributed by atoms with van der Waals surface area (Å²) in [5, 5.41) is 0. The summed E-state index contributed by atoms with van der Waals surface area (Å²) < 4.78 is 32.2. The number of hydrogen-bond donors (Lipinski definition) is 0. The van der Waals surface area contributed by atoms with Gasteiger partial charge in [0, 0.05) is 6.42 Å². The van der Waals surface area contributed by atoms with Crippen LogP contribution in [0.1, 0.15) is 35.4 Å². The second-order valence-corrected chi connectivity index (χ2v) is 6.86. The third-order valence-corrected chi connectivity index (χ3v) is 4.67. The molecule has 1 unspecified atom stereocenters. The van der Waals surface area contributed by atoms with Gasteiger partial charge in [0.05, 0.1) is 4.83 Å². The van der Waals surface area contributed by atoms with Crippen LogP contribution in [0.5, 0.6) is 5.75 Å². The molecule has 2 aromatic carbocycles. The van der Waals surface area contributed by atoms with Gasteiger partial charge in [-0.1, -0.05) is 34.1 Å². The van der Waals surface area contributed by atoms with Gasteiger partial charge >= 0.3 is 0 Å². The van der Waals surface area contributed by atoms with E-state index in [-0.39, 0.29) is 10.4 Å². The normalized spacial score (nSPS) is 17.2. The standard InChI is InChI=1S/C17H15BrF2O/c1-17(2)9-12-7-10(4-6-15(12)21-17)16(18)11-3-5-13(19)14(20)8-11/h3-8,16H,9H2,1-2H3. The van der Waals surface area contributed by atoms with Gasteiger partial charge in [-0.15, -0.1) is 0 Å². The van der Waals surface area contributed by atoms with Crippen molar-refractivity contribution in [2.24, 2.45) is 0 Å². The molecule has 0 saturated heterocycles. The molecule has 0 bridgehead atoms. The van der Waals surface area contributed by atoms with E-state index in [4.69, 9.17) is 4.74 Å². The molecule has 0 radical (unpaired) electrons. The van der Waals surface area contributed by atoms with Crippen molar-refractivity contribution in [3.8, 4) is 5.75 Å². The van der Waals surface area contributed by atoms with Gasteiger partial charge in [0.2, 0.25) is 0 Å². The summed E-state index contributed by atoms with van der Waals surface area (Å²) in [5.74, 6) is -0.765. The predicted octanol–water partition coefficient (Wildman–Crippen LogP) is 5.16. The van der Waals surface area contributed by atoms with E-state index in [1.165, 1.54) is 6.07 Å². The van der Waals surface area contributed by atoms with E-state index < -0.39 is 11.6 Å². The zero-order valence-corrected chi connectivity index (χ0v) is 13.4. The summed E-state index contributed by atoms with van der Waals surface area (Å²) in [6.45, 7) is 4.10. The molecule has 0 amide bonds. The smallest absolute Gasteiger partial charge is 0.159 e. The van der Waals surface area contributed by atoms with Gasteiger partial charge in [-0.3, -0.25) is 0 Å². The first-order valence-corrected chi connectivity index (χ1v) is 7.68. The number of halogens is 3. The van der Waals surface area contributed by atoms with Crippen molar-refractivity contribution < 1.29 is 13.5 Å². The minimum atomic E-state index is -0.831. The average molecular weight is 353 g/mol. The zero-order chi connectivity index (χ0) is 15.2. The predicted molar refractivity (Wildman–Crippen MR) is 82.0 cm³/mol. The highest BCUT2D eigenvalue weighted by Gasteiger charge is 2.30. The van der Waals surface area contributed by atoms with Gasteiger partial charge in [0.1, 0.15) is 11.4 Å². The van der Waals surface area contributed by atoms with Crippen molar-refractivity contribution in [3.05, 3.63) is 64.7 Å². The maximum absolute atomic E-state index is 13.4. The monoisotopic (exact) mass is 352 g/mol. The molecule has 1 heterocycles. The van der Waals surface area contributed by atoms with Crippen molar-refractivity contribution in [1.82, 2.24) is 0 Å². The Morgan fingerprint density at radius 3 is 2.43 bits per heavy atom. The number of alkyl halides is 1. The molecular formula is C17H15BrF2O. The third-order valence-electron chi connectivity index (χ3n) is 3.62. The van der Waals surface area contributed by atoms with Gasteiger partial charge in [0.15, 0.2) is 11.6 Å². The van der Waals surface area contributed by atoms with Gasteiger partial charge in [-0.25, -0.2) is 8.78 Å². The highest BCUT2D eigenvalue weighted by molar-refractivity contribution is 9.09. The van der Waals surface area contributed by atoms with Crippen LogP contribution in [0.25, 0.3) is 0 Å². The summed E-state index contributed by atoms with van der Waals surface area (Å²) in [7, 11) is 0. The van der Waals surface area contributed by atoms with Crippen molar-refractivity contribution in [2.75, 3.05) is 0 Å². The molecule has 0 aromatic heterocycles. The lowest BCUT2D eigenvalue weighted by atomic mass is 9.97. The molecule has 1 atom stereocenters. The summed E-state index contributed by atoms with van der Waals surface area (Å²) >= 11 is 3.56. The fourth-order valence-corrected chi connectivity index (χ4v) is 3.22. The third kappa shape index (κ3) is 2.82. The van der Waals surface area contributed by atoms with Crippen LogP contribution in [-0.4, -0.2) is 5.60 Å². The molecule has 2 aromatic rings. The van der Waals surface area contributed by atoms with Gasteiger partial charge in [-0.05, 0) is 48.7 Å². The van der Waals surface area contributed by atoms with Crippen LogP contribution in [-0.2, 0) is 6.42 Å². The number of ether oxygens (including phenoxy) is 1. The number of benzene rings is 2. The minimum Gasteiger partial charge on any atom is -0.487 e. The maximum atomic E-state index is 13.4. The van der Waals surface area contributed by atoms with Gasteiger partial charge < -0.3 is 4.74 Å². The summed E-state index contributed by atoms with van der Waals surface area (Å²) in [6.07, 6.45) is 0.841. The van der Waals surface area contributed by atoms with Crippen molar-refractivity contribution in [2.45, 2.75) is 30.7 Å². The van der Waals surface area contributed by atoms with Crippen molar-refractivity contribution >= 4 is 15.9 Å². The van der Waals surface area contributed by atoms with Crippen LogP contribution < -0.4 is 4.74 Å². The van der Waals surface area contributed by atoms with Crippen molar-refractivity contribution in [3.63, 3.8) is 0 Å². The van der Waals surface area contributed by atoms with Crippen molar-refractivity contribution in [1.29, 1.82) is 0 Å². The first-order valence-electron chi connectivity index (χ1n) is 6.76. The Morgan fingerprint density at radius 2 is 1.71 bits per heavy atom. The summed E-state index contributed by atoms with van der Waals surface area (Å²) in [6, 6.07) is 9.91. The maximum Gasteiger partial charge on any atom is 0.159 e. The second kappa shape index (κ2) is 5.09. The van der Waals surface area contributed by atoms with Gasteiger partial charge in [0.25, 0.3) is 0 Å².